The van der Waals surface area contributed by atoms with Crippen LogP contribution in [0.15, 0.2) is 42.5 Å². The molecule has 2 aromatic carbocycles. The van der Waals surface area contributed by atoms with Crippen LogP contribution in [0.3, 0.4) is 0 Å². The molecule has 28 heavy (non-hydrogen) atoms. The number of piperidine rings is 1. The van der Waals surface area contributed by atoms with Gasteiger partial charge in [-0.1, -0.05) is 41.9 Å². The van der Waals surface area contributed by atoms with Crippen LogP contribution in [0, 0.1) is 11.3 Å². The van der Waals surface area contributed by atoms with E-state index in [9.17, 15) is 5.26 Å². The lowest BCUT2D eigenvalue weighted by Crippen LogP contribution is -2.46. The van der Waals surface area contributed by atoms with E-state index in [0.717, 1.165) is 18.4 Å². The number of methoxy groups -OCH3 is 2. The first-order valence-corrected chi connectivity index (χ1v) is 9.76. The van der Waals surface area contributed by atoms with Crippen LogP contribution in [-0.4, -0.2) is 37.3 Å². The lowest BCUT2D eigenvalue weighted by molar-refractivity contribution is 0.272. The molecule has 1 aliphatic heterocycles. The smallest absolute Gasteiger partial charge is 0.173 e. The average Bonchev–Trinajstić information content (AvgIpc) is 2.75. The maximum Gasteiger partial charge on any atom is 0.173 e. The van der Waals surface area contributed by atoms with E-state index >= 15 is 0 Å². The second-order valence-corrected chi connectivity index (χ2v) is 7.46. The topological polar surface area (TPSA) is 57.5 Å². The molecule has 0 unspecified atom stereocenters. The molecule has 5 nitrogen and oxygen atoms in total. The van der Waals surface area contributed by atoms with Crippen molar-refractivity contribution in [3.05, 3.63) is 53.1 Å². The second kappa shape index (κ2) is 8.68. The van der Waals surface area contributed by atoms with Gasteiger partial charge in [-0.3, -0.25) is 0 Å². The van der Waals surface area contributed by atoms with Crippen molar-refractivity contribution in [2.45, 2.75) is 18.3 Å². The van der Waals surface area contributed by atoms with E-state index in [-0.39, 0.29) is 0 Å². The average molecular weight is 416 g/mol. The molecule has 1 N–H and O–H groups in total. The Balaban J connectivity index is 1.72. The van der Waals surface area contributed by atoms with Crippen LogP contribution in [-0.2, 0) is 5.41 Å². The highest BCUT2D eigenvalue weighted by Gasteiger charge is 2.37. The van der Waals surface area contributed by atoms with Crippen LogP contribution in [0.25, 0.3) is 0 Å². The van der Waals surface area contributed by atoms with E-state index in [2.05, 4.69) is 16.3 Å². The number of nitrogens with zero attached hydrogens (tertiary/aromatic N) is 2. The molecule has 0 saturated carbocycles. The van der Waals surface area contributed by atoms with Crippen molar-refractivity contribution >= 4 is 34.6 Å². The Morgan fingerprint density at radius 2 is 1.79 bits per heavy atom. The Hall–Kier alpha value is -2.49. The van der Waals surface area contributed by atoms with Gasteiger partial charge in [-0.05, 0) is 30.6 Å². The van der Waals surface area contributed by atoms with Crippen LogP contribution < -0.4 is 14.8 Å². The number of ether oxygens (including phenoxy) is 2. The first-order valence-electron chi connectivity index (χ1n) is 8.97. The molecule has 1 heterocycles. The molecule has 7 heteroatoms. The van der Waals surface area contributed by atoms with Gasteiger partial charge in [0.1, 0.15) is 11.5 Å². The van der Waals surface area contributed by atoms with Gasteiger partial charge >= 0.3 is 0 Å². The zero-order valence-electron chi connectivity index (χ0n) is 15.9. The highest BCUT2D eigenvalue weighted by Crippen LogP contribution is 2.37. The summed E-state index contributed by atoms with van der Waals surface area (Å²) in [6.45, 7) is 1.39. The standard InChI is InChI=1S/C21H22ClN3O2S/c1-26-18-13-17(19(27-2)12-16(18)22)24-20(28)25-10-8-21(14-23,9-11-25)15-6-4-3-5-7-15/h3-7,12-13H,8-11H2,1-2H3,(H,24,28). The summed E-state index contributed by atoms with van der Waals surface area (Å²) in [5.41, 5.74) is 1.29. The lowest BCUT2D eigenvalue weighted by Gasteiger charge is -2.38. The second-order valence-electron chi connectivity index (χ2n) is 6.66. The summed E-state index contributed by atoms with van der Waals surface area (Å²) in [6, 6.07) is 16.0. The number of halogens is 1. The van der Waals surface area contributed by atoms with E-state index < -0.39 is 5.41 Å². The van der Waals surface area contributed by atoms with Gasteiger partial charge in [0.2, 0.25) is 0 Å². The van der Waals surface area contributed by atoms with Crippen molar-refractivity contribution < 1.29 is 9.47 Å². The first-order chi connectivity index (χ1) is 13.5. The summed E-state index contributed by atoms with van der Waals surface area (Å²) in [5.74, 6) is 1.12. The predicted octanol–water partition coefficient (Wildman–Crippen LogP) is 4.61. The molecular weight excluding hydrogens is 394 g/mol. The Bertz CT molecular complexity index is 891. The molecule has 1 aliphatic rings. The minimum atomic E-state index is -0.464. The third-order valence-electron chi connectivity index (χ3n) is 5.16. The number of nitrogens with one attached hydrogen (secondary N) is 1. The number of benzene rings is 2. The van der Waals surface area contributed by atoms with Gasteiger partial charge in [0.05, 0.1) is 36.4 Å². The summed E-state index contributed by atoms with van der Waals surface area (Å²) < 4.78 is 10.7. The van der Waals surface area contributed by atoms with Crippen molar-refractivity contribution in [3.63, 3.8) is 0 Å². The number of likely N-dealkylation sites (tertiary alicyclic amines) is 1. The molecule has 0 bridgehead atoms. The summed E-state index contributed by atoms with van der Waals surface area (Å²) >= 11 is 11.8. The summed E-state index contributed by atoms with van der Waals surface area (Å²) in [5, 5.41) is 14.1. The molecule has 0 spiro atoms. The van der Waals surface area contributed by atoms with Gasteiger partial charge in [0.25, 0.3) is 0 Å². The maximum atomic E-state index is 9.85. The SMILES string of the molecule is COc1cc(NC(=S)N2CCC(C#N)(c3ccccc3)CC2)c(OC)cc1Cl. The molecule has 3 rings (SSSR count). The van der Waals surface area contributed by atoms with Crippen LogP contribution in [0.5, 0.6) is 11.5 Å². The number of thiocarbonyl (C=S) groups is 1. The monoisotopic (exact) mass is 415 g/mol. The highest BCUT2D eigenvalue weighted by atomic mass is 35.5. The van der Waals surface area contributed by atoms with Crippen LogP contribution in [0.2, 0.25) is 5.02 Å². The van der Waals surface area contributed by atoms with Crippen molar-refractivity contribution in [1.29, 1.82) is 5.26 Å². The molecule has 0 atom stereocenters. The van der Waals surface area contributed by atoms with E-state index in [1.807, 2.05) is 30.3 Å². The molecule has 1 fully saturated rings. The van der Waals surface area contributed by atoms with Gasteiger partial charge in [-0.25, -0.2) is 0 Å². The van der Waals surface area contributed by atoms with Gasteiger partial charge in [-0.15, -0.1) is 0 Å². The molecule has 146 valence electrons. The maximum absolute atomic E-state index is 9.85. The molecule has 0 aromatic heterocycles. The predicted molar refractivity (Wildman–Crippen MR) is 115 cm³/mol. The van der Waals surface area contributed by atoms with Crippen molar-refractivity contribution in [2.75, 3.05) is 32.6 Å². The Morgan fingerprint density at radius 1 is 1.14 bits per heavy atom. The van der Waals surface area contributed by atoms with Crippen molar-refractivity contribution in [2.24, 2.45) is 0 Å². The molecule has 0 radical (unpaired) electrons. The lowest BCUT2D eigenvalue weighted by atomic mass is 9.74. The van der Waals surface area contributed by atoms with E-state index in [0.29, 0.717) is 40.4 Å². The van der Waals surface area contributed by atoms with Gasteiger partial charge in [0, 0.05) is 25.2 Å². The number of nitriles is 1. The van der Waals surface area contributed by atoms with Gasteiger partial charge in [-0.2, -0.15) is 5.26 Å². The number of hydrogen-bond donors (Lipinski definition) is 1. The van der Waals surface area contributed by atoms with Crippen molar-refractivity contribution in [1.82, 2.24) is 4.90 Å². The minimum absolute atomic E-state index is 0.464. The van der Waals surface area contributed by atoms with Crippen LogP contribution >= 0.6 is 23.8 Å². The summed E-state index contributed by atoms with van der Waals surface area (Å²) in [7, 11) is 3.14. The quantitative estimate of drug-likeness (QED) is 0.736. The van der Waals surface area contributed by atoms with E-state index in [4.69, 9.17) is 33.3 Å². The summed E-state index contributed by atoms with van der Waals surface area (Å²) in [6.07, 6.45) is 1.44. The molecular formula is C21H22ClN3O2S. The number of anilines is 1. The minimum Gasteiger partial charge on any atom is -0.495 e. The fourth-order valence-corrected chi connectivity index (χ4v) is 3.99. The fourth-order valence-electron chi connectivity index (χ4n) is 3.47. The Labute approximate surface area is 175 Å². The van der Waals surface area contributed by atoms with E-state index in [1.54, 1.807) is 26.4 Å². The third-order valence-corrected chi connectivity index (χ3v) is 5.82. The van der Waals surface area contributed by atoms with Crippen molar-refractivity contribution in [3.8, 4) is 17.6 Å². The normalized spacial score (nSPS) is 15.4. The molecule has 0 aliphatic carbocycles. The molecule has 0 amide bonds. The van der Waals surface area contributed by atoms with Crippen LogP contribution in [0.1, 0.15) is 18.4 Å². The van der Waals surface area contributed by atoms with Crippen LogP contribution in [0.4, 0.5) is 5.69 Å². The number of hydrogen-bond acceptors (Lipinski definition) is 4. The largest absolute Gasteiger partial charge is 0.495 e. The number of rotatable bonds is 4. The van der Waals surface area contributed by atoms with Gasteiger partial charge in [0.15, 0.2) is 5.11 Å². The molecule has 2 aromatic rings. The third kappa shape index (κ3) is 4.01. The Kier molecular flexibility index (Phi) is 6.28. The zero-order chi connectivity index (χ0) is 20.1. The zero-order valence-corrected chi connectivity index (χ0v) is 17.4. The summed E-state index contributed by atoms with van der Waals surface area (Å²) in [4.78, 5) is 2.08. The highest BCUT2D eigenvalue weighted by molar-refractivity contribution is 7.80. The van der Waals surface area contributed by atoms with Gasteiger partial charge < -0.3 is 19.7 Å². The Morgan fingerprint density at radius 3 is 2.36 bits per heavy atom. The molecule has 1 saturated heterocycles. The van der Waals surface area contributed by atoms with E-state index in [1.165, 1.54) is 0 Å². The fraction of sp³-hybridized carbons (Fsp3) is 0.333. The first kappa shape index (κ1) is 20.2.